The van der Waals surface area contributed by atoms with Crippen LogP contribution in [0.15, 0.2) is 60.8 Å². The van der Waals surface area contributed by atoms with Crippen molar-refractivity contribution in [1.29, 1.82) is 0 Å². The van der Waals surface area contributed by atoms with Crippen molar-refractivity contribution in [3.8, 4) is 16.9 Å². The molecule has 0 aliphatic carbocycles. The molecular formula is C26H29N3O3. The van der Waals surface area contributed by atoms with Crippen molar-refractivity contribution in [2.75, 3.05) is 26.3 Å². The summed E-state index contributed by atoms with van der Waals surface area (Å²) in [5, 5.41) is 4.83. The normalized spacial score (nSPS) is 17.7. The molecule has 32 heavy (non-hydrogen) atoms. The van der Waals surface area contributed by atoms with Crippen molar-refractivity contribution < 1.29 is 14.3 Å². The largest absolute Gasteiger partial charge is 0.350 e. The number of carbonyl (C=O) groups is 1. The quantitative estimate of drug-likeness (QED) is 0.604. The van der Waals surface area contributed by atoms with Crippen molar-refractivity contribution in [3.63, 3.8) is 0 Å². The lowest BCUT2D eigenvalue weighted by Gasteiger charge is -2.33. The Balaban J connectivity index is 1.42. The third kappa shape index (κ3) is 4.20. The Hall–Kier alpha value is -2.96. The first-order chi connectivity index (χ1) is 15.7. The molecule has 2 aromatic carbocycles. The minimum absolute atomic E-state index is 0.0356. The van der Waals surface area contributed by atoms with Crippen LogP contribution in [0.2, 0.25) is 0 Å². The summed E-state index contributed by atoms with van der Waals surface area (Å²) in [7, 11) is 0. The highest BCUT2D eigenvalue weighted by molar-refractivity contribution is 6.00. The Morgan fingerprint density at radius 2 is 1.69 bits per heavy atom. The van der Waals surface area contributed by atoms with Crippen molar-refractivity contribution in [1.82, 2.24) is 14.7 Å². The molecule has 166 valence electrons. The van der Waals surface area contributed by atoms with E-state index >= 15 is 0 Å². The predicted octanol–water partition coefficient (Wildman–Crippen LogP) is 4.33. The number of carbonyl (C=O) groups excluding carboxylic acids is 1. The zero-order chi connectivity index (χ0) is 21.9. The summed E-state index contributed by atoms with van der Waals surface area (Å²) in [5.74, 6) is 0.392. The number of nitrogens with zero attached hydrogens (tertiary/aromatic N) is 3. The summed E-state index contributed by atoms with van der Waals surface area (Å²) < 4.78 is 13.2. The van der Waals surface area contributed by atoms with Gasteiger partial charge >= 0.3 is 0 Å². The summed E-state index contributed by atoms with van der Waals surface area (Å²) >= 11 is 0. The van der Waals surface area contributed by atoms with Gasteiger partial charge in [0, 0.05) is 30.8 Å². The molecule has 0 radical (unpaired) electrons. The van der Waals surface area contributed by atoms with E-state index in [0.717, 1.165) is 36.2 Å². The van der Waals surface area contributed by atoms with Gasteiger partial charge in [-0.2, -0.15) is 5.10 Å². The maximum Gasteiger partial charge on any atom is 0.257 e. The van der Waals surface area contributed by atoms with Crippen LogP contribution in [-0.4, -0.2) is 53.2 Å². The van der Waals surface area contributed by atoms with Crippen LogP contribution < -0.4 is 0 Å². The molecule has 0 unspecified atom stereocenters. The van der Waals surface area contributed by atoms with Crippen LogP contribution in [0.4, 0.5) is 0 Å². The number of rotatable bonds is 5. The number of aromatic nitrogens is 2. The van der Waals surface area contributed by atoms with Crippen molar-refractivity contribution in [3.05, 3.63) is 71.9 Å². The number of benzene rings is 2. The molecule has 0 spiro atoms. The maximum atomic E-state index is 13.6. The second-order valence-corrected chi connectivity index (χ2v) is 8.46. The monoisotopic (exact) mass is 431 g/mol. The maximum absolute atomic E-state index is 13.6. The molecular weight excluding hydrogens is 402 g/mol. The zero-order valence-corrected chi connectivity index (χ0v) is 18.4. The van der Waals surface area contributed by atoms with Gasteiger partial charge in [-0.25, -0.2) is 4.68 Å². The van der Waals surface area contributed by atoms with E-state index in [1.54, 1.807) is 0 Å². The molecule has 6 nitrogen and oxygen atoms in total. The van der Waals surface area contributed by atoms with Crippen LogP contribution >= 0.6 is 0 Å². The predicted molar refractivity (Wildman–Crippen MR) is 123 cm³/mol. The number of hydrogen-bond donors (Lipinski definition) is 0. The fourth-order valence-electron chi connectivity index (χ4n) is 4.55. The molecule has 2 aliphatic rings. The summed E-state index contributed by atoms with van der Waals surface area (Å²) in [5.41, 5.74) is 4.54. The number of piperidine rings is 1. The molecule has 1 aromatic heterocycles. The summed E-state index contributed by atoms with van der Waals surface area (Å²) in [4.78, 5) is 15.5. The van der Waals surface area contributed by atoms with E-state index in [0.29, 0.717) is 37.8 Å². The van der Waals surface area contributed by atoms with Gasteiger partial charge in [-0.15, -0.1) is 0 Å². The molecule has 6 heteroatoms. The molecule has 3 aromatic rings. The van der Waals surface area contributed by atoms with Gasteiger partial charge in [0.1, 0.15) is 5.69 Å². The number of aryl methyl sites for hydroxylation is 1. The lowest BCUT2D eigenvalue weighted by molar-refractivity contribution is -0.0956. The van der Waals surface area contributed by atoms with E-state index in [1.165, 1.54) is 5.56 Å². The fraction of sp³-hybridized carbons (Fsp3) is 0.385. The number of para-hydroxylation sites is 1. The highest BCUT2D eigenvalue weighted by Crippen LogP contribution is 2.29. The molecule has 1 amide bonds. The minimum atomic E-state index is -0.110. The van der Waals surface area contributed by atoms with Gasteiger partial charge in [0.05, 0.1) is 24.5 Å². The third-order valence-electron chi connectivity index (χ3n) is 6.46. The van der Waals surface area contributed by atoms with E-state index in [1.807, 2.05) is 46.1 Å². The SMILES string of the molecule is CCc1ccc(-c2nn(-c3ccccc3)cc2C(=O)N2CCC(C3OCCO3)CC2)cc1. The first kappa shape index (κ1) is 20.9. The van der Waals surface area contributed by atoms with Crippen LogP contribution in [0.1, 0.15) is 35.7 Å². The summed E-state index contributed by atoms with van der Waals surface area (Å²) in [6.45, 7) is 4.89. The average Bonchev–Trinajstić information content (AvgIpc) is 3.55. The Labute approximate surface area is 188 Å². The lowest BCUT2D eigenvalue weighted by atomic mass is 9.95. The summed E-state index contributed by atoms with van der Waals surface area (Å²) in [6, 6.07) is 18.3. The zero-order valence-electron chi connectivity index (χ0n) is 18.4. The van der Waals surface area contributed by atoms with Crippen molar-refractivity contribution in [2.45, 2.75) is 32.5 Å². The van der Waals surface area contributed by atoms with Gasteiger partial charge in [0.2, 0.25) is 0 Å². The average molecular weight is 432 g/mol. The van der Waals surface area contributed by atoms with E-state index < -0.39 is 0 Å². The second-order valence-electron chi connectivity index (χ2n) is 8.46. The third-order valence-corrected chi connectivity index (χ3v) is 6.46. The lowest BCUT2D eigenvalue weighted by Crippen LogP contribution is -2.41. The molecule has 2 aliphatic heterocycles. The minimum Gasteiger partial charge on any atom is -0.350 e. The highest BCUT2D eigenvalue weighted by atomic mass is 16.7. The Morgan fingerprint density at radius 1 is 1.00 bits per heavy atom. The van der Waals surface area contributed by atoms with Crippen LogP contribution in [0.3, 0.4) is 0 Å². The van der Waals surface area contributed by atoms with E-state index in [2.05, 4.69) is 31.2 Å². The smallest absolute Gasteiger partial charge is 0.257 e. The van der Waals surface area contributed by atoms with Crippen LogP contribution in [0.5, 0.6) is 0 Å². The number of hydrogen-bond acceptors (Lipinski definition) is 4. The topological polar surface area (TPSA) is 56.6 Å². The molecule has 2 saturated heterocycles. The number of ether oxygens (including phenoxy) is 2. The first-order valence-electron chi connectivity index (χ1n) is 11.5. The molecule has 0 bridgehead atoms. The molecule has 2 fully saturated rings. The standard InChI is InChI=1S/C26H29N3O3/c1-2-19-8-10-20(11-9-19)24-23(18-29(27-24)22-6-4-3-5-7-22)25(30)28-14-12-21(13-15-28)26-31-16-17-32-26/h3-11,18,21,26H,2,12-17H2,1H3. The number of amides is 1. The van der Waals surface area contributed by atoms with Gasteiger partial charge < -0.3 is 14.4 Å². The molecule has 0 saturated carbocycles. The molecule has 3 heterocycles. The fourth-order valence-corrected chi connectivity index (χ4v) is 4.55. The highest BCUT2D eigenvalue weighted by Gasteiger charge is 2.33. The van der Waals surface area contributed by atoms with Gasteiger partial charge in [-0.05, 0) is 37.0 Å². The van der Waals surface area contributed by atoms with Gasteiger partial charge in [0.15, 0.2) is 6.29 Å². The van der Waals surface area contributed by atoms with Crippen LogP contribution in [-0.2, 0) is 15.9 Å². The number of likely N-dealkylation sites (tertiary alicyclic amines) is 1. The second kappa shape index (κ2) is 9.27. The molecule has 0 N–H and O–H groups in total. The van der Waals surface area contributed by atoms with Gasteiger partial charge in [0.25, 0.3) is 5.91 Å². The van der Waals surface area contributed by atoms with Crippen molar-refractivity contribution >= 4 is 5.91 Å². The van der Waals surface area contributed by atoms with Gasteiger partial charge in [-0.3, -0.25) is 4.79 Å². The first-order valence-corrected chi connectivity index (χ1v) is 11.5. The van der Waals surface area contributed by atoms with Crippen LogP contribution in [0, 0.1) is 5.92 Å². The van der Waals surface area contributed by atoms with Gasteiger partial charge in [-0.1, -0.05) is 49.4 Å². The summed E-state index contributed by atoms with van der Waals surface area (Å²) in [6.07, 6.45) is 4.53. The Kier molecular flexibility index (Phi) is 6.06. The van der Waals surface area contributed by atoms with Crippen LogP contribution in [0.25, 0.3) is 16.9 Å². The van der Waals surface area contributed by atoms with E-state index in [-0.39, 0.29) is 12.2 Å². The van der Waals surface area contributed by atoms with E-state index in [9.17, 15) is 4.79 Å². The molecule has 0 atom stereocenters. The molecule has 5 rings (SSSR count). The van der Waals surface area contributed by atoms with E-state index in [4.69, 9.17) is 14.6 Å². The Morgan fingerprint density at radius 3 is 2.34 bits per heavy atom. The Bertz CT molecular complexity index is 1050. The van der Waals surface area contributed by atoms with Crippen molar-refractivity contribution in [2.24, 2.45) is 5.92 Å².